The lowest BCUT2D eigenvalue weighted by Gasteiger charge is -2.20. The van der Waals surface area contributed by atoms with Crippen molar-refractivity contribution < 1.29 is 19.4 Å². The van der Waals surface area contributed by atoms with E-state index in [1.165, 1.54) is 4.90 Å². The number of ether oxygens (including phenoxy) is 1. The van der Waals surface area contributed by atoms with Gasteiger partial charge < -0.3 is 20.1 Å². The molecule has 1 unspecified atom stereocenters. The summed E-state index contributed by atoms with van der Waals surface area (Å²) < 4.78 is 5.70. The number of hydrogen-bond acceptors (Lipinski definition) is 3. The van der Waals surface area contributed by atoms with Crippen LogP contribution < -0.4 is 10.1 Å². The number of rotatable bonds is 5. The number of urea groups is 1. The molecule has 0 aliphatic carbocycles. The zero-order chi connectivity index (χ0) is 14.5. The molecule has 1 aromatic carbocycles. The summed E-state index contributed by atoms with van der Waals surface area (Å²) in [5.41, 5.74) is 1.13. The molecule has 0 bridgehead atoms. The lowest BCUT2D eigenvalue weighted by molar-refractivity contribution is -0.137. The van der Waals surface area contributed by atoms with E-state index in [1.54, 1.807) is 6.92 Å². The molecule has 0 saturated heterocycles. The highest BCUT2D eigenvalue weighted by Gasteiger charge is 2.23. The minimum Gasteiger partial charge on any atom is -0.488 e. The van der Waals surface area contributed by atoms with Gasteiger partial charge in [-0.05, 0) is 18.6 Å². The third kappa shape index (κ3) is 3.40. The first-order valence-corrected chi connectivity index (χ1v) is 6.59. The highest BCUT2D eigenvalue weighted by atomic mass is 16.5. The van der Waals surface area contributed by atoms with E-state index in [0.29, 0.717) is 13.1 Å². The van der Waals surface area contributed by atoms with Crippen LogP contribution in [0.5, 0.6) is 5.75 Å². The predicted octanol–water partition coefficient (Wildman–Crippen LogP) is 1.11. The van der Waals surface area contributed by atoms with Gasteiger partial charge in [-0.1, -0.05) is 18.2 Å². The van der Waals surface area contributed by atoms with Crippen molar-refractivity contribution in [3.8, 4) is 5.75 Å². The molecule has 0 aromatic heterocycles. The van der Waals surface area contributed by atoms with Crippen LogP contribution in [0.1, 0.15) is 12.5 Å². The summed E-state index contributed by atoms with van der Waals surface area (Å²) in [4.78, 5) is 23.7. The van der Waals surface area contributed by atoms with Gasteiger partial charge >= 0.3 is 12.0 Å². The van der Waals surface area contributed by atoms with Gasteiger partial charge in [0, 0.05) is 13.0 Å². The Hall–Kier alpha value is -2.24. The minimum atomic E-state index is -1.02. The van der Waals surface area contributed by atoms with E-state index in [1.807, 2.05) is 24.3 Å². The first-order valence-electron chi connectivity index (χ1n) is 6.59. The summed E-state index contributed by atoms with van der Waals surface area (Å²) in [5, 5.41) is 11.4. The third-order valence-corrected chi connectivity index (χ3v) is 3.19. The van der Waals surface area contributed by atoms with Gasteiger partial charge in [0.2, 0.25) is 0 Å². The van der Waals surface area contributed by atoms with Gasteiger partial charge in [-0.15, -0.1) is 0 Å². The number of nitrogens with one attached hydrogen (secondary N) is 1. The molecule has 0 saturated carbocycles. The Morgan fingerprint density at radius 1 is 1.45 bits per heavy atom. The van der Waals surface area contributed by atoms with Crippen LogP contribution in [-0.4, -0.2) is 47.7 Å². The number of carbonyl (C=O) groups excluding carboxylic acids is 1. The van der Waals surface area contributed by atoms with Crippen molar-refractivity contribution >= 4 is 12.0 Å². The molecule has 1 atom stereocenters. The number of aliphatic carboxylic acids is 1. The fourth-order valence-corrected chi connectivity index (χ4v) is 2.17. The van der Waals surface area contributed by atoms with E-state index in [9.17, 15) is 9.59 Å². The Labute approximate surface area is 117 Å². The van der Waals surface area contributed by atoms with Crippen LogP contribution in [0, 0.1) is 0 Å². The number of carboxylic acid groups (broad SMARTS) is 1. The number of nitrogens with zero attached hydrogens (tertiary/aromatic N) is 1. The van der Waals surface area contributed by atoms with Crippen LogP contribution in [-0.2, 0) is 11.2 Å². The molecule has 0 spiro atoms. The predicted molar refractivity (Wildman–Crippen MR) is 72.8 cm³/mol. The van der Waals surface area contributed by atoms with Gasteiger partial charge in [0.05, 0.1) is 6.54 Å². The Kier molecular flexibility index (Phi) is 4.45. The molecule has 6 nitrogen and oxygen atoms in total. The molecule has 20 heavy (non-hydrogen) atoms. The van der Waals surface area contributed by atoms with Gasteiger partial charge in [-0.3, -0.25) is 4.79 Å². The standard InChI is InChI=1S/C14H18N2O4/c1-2-16(9-13(17)18)14(19)15-8-11-7-10-5-3-4-6-12(10)20-11/h3-6,11H,2,7-9H2,1H3,(H,15,19)(H,17,18). The van der Waals surface area contributed by atoms with Crippen molar-refractivity contribution in [2.75, 3.05) is 19.6 Å². The quantitative estimate of drug-likeness (QED) is 0.845. The molecule has 2 rings (SSSR count). The second kappa shape index (κ2) is 6.27. The van der Waals surface area contributed by atoms with E-state index < -0.39 is 5.97 Å². The molecule has 0 fully saturated rings. The Balaban J connectivity index is 1.82. The molecular formula is C14H18N2O4. The number of carbonyl (C=O) groups is 2. The van der Waals surface area contributed by atoms with Gasteiger partial charge in [0.25, 0.3) is 0 Å². The highest BCUT2D eigenvalue weighted by molar-refractivity contribution is 5.80. The lowest BCUT2D eigenvalue weighted by Crippen LogP contribution is -2.45. The van der Waals surface area contributed by atoms with Gasteiger partial charge in [0.1, 0.15) is 18.4 Å². The van der Waals surface area contributed by atoms with Crippen molar-refractivity contribution in [1.82, 2.24) is 10.2 Å². The number of fused-ring (bicyclic) bond motifs is 1. The number of amides is 2. The maximum Gasteiger partial charge on any atom is 0.323 e. The summed E-state index contributed by atoms with van der Waals surface area (Å²) in [7, 11) is 0. The van der Waals surface area contributed by atoms with Crippen LogP contribution in [0.3, 0.4) is 0 Å². The Morgan fingerprint density at radius 2 is 2.20 bits per heavy atom. The van der Waals surface area contributed by atoms with Gasteiger partial charge in [0.15, 0.2) is 0 Å². The van der Waals surface area contributed by atoms with Crippen molar-refractivity contribution in [2.45, 2.75) is 19.4 Å². The molecule has 1 heterocycles. The highest BCUT2D eigenvalue weighted by Crippen LogP contribution is 2.27. The molecule has 1 aliphatic rings. The van der Waals surface area contributed by atoms with E-state index in [0.717, 1.165) is 17.7 Å². The SMILES string of the molecule is CCN(CC(=O)O)C(=O)NCC1Cc2ccccc2O1. The van der Waals surface area contributed by atoms with Crippen LogP contribution in [0.2, 0.25) is 0 Å². The number of likely N-dealkylation sites (N-methyl/N-ethyl adjacent to an activating group) is 1. The first-order chi connectivity index (χ1) is 9.60. The molecule has 108 valence electrons. The molecule has 6 heteroatoms. The van der Waals surface area contributed by atoms with E-state index >= 15 is 0 Å². The normalized spacial score (nSPS) is 16.1. The smallest absolute Gasteiger partial charge is 0.323 e. The summed E-state index contributed by atoms with van der Waals surface area (Å²) in [6, 6.07) is 7.38. The minimum absolute atomic E-state index is 0.0973. The first kappa shape index (κ1) is 14.2. The molecule has 2 amide bonds. The average Bonchev–Trinajstić information content (AvgIpc) is 2.84. The van der Waals surface area contributed by atoms with Crippen LogP contribution in [0.25, 0.3) is 0 Å². The maximum atomic E-state index is 11.8. The summed E-state index contributed by atoms with van der Waals surface area (Å²) >= 11 is 0. The summed E-state index contributed by atoms with van der Waals surface area (Å²) in [6.45, 7) is 2.16. The zero-order valence-corrected chi connectivity index (χ0v) is 11.3. The summed E-state index contributed by atoms with van der Waals surface area (Å²) in [5.74, 6) is -0.170. The molecular weight excluding hydrogens is 260 g/mol. The summed E-state index contributed by atoms with van der Waals surface area (Å²) in [6.07, 6.45) is 0.654. The fraction of sp³-hybridized carbons (Fsp3) is 0.429. The maximum absolute atomic E-state index is 11.8. The number of para-hydroxylation sites is 1. The third-order valence-electron chi connectivity index (χ3n) is 3.19. The average molecular weight is 278 g/mol. The Morgan fingerprint density at radius 3 is 2.85 bits per heavy atom. The number of carboxylic acids is 1. The van der Waals surface area contributed by atoms with Crippen LogP contribution in [0.15, 0.2) is 24.3 Å². The molecule has 0 radical (unpaired) electrons. The second-order valence-corrected chi connectivity index (χ2v) is 4.65. The number of hydrogen-bond donors (Lipinski definition) is 2. The van der Waals surface area contributed by atoms with E-state index in [2.05, 4.69) is 5.32 Å². The Bertz CT molecular complexity index is 479. The molecule has 2 N–H and O–H groups in total. The topological polar surface area (TPSA) is 78.9 Å². The van der Waals surface area contributed by atoms with E-state index in [4.69, 9.17) is 9.84 Å². The van der Waals surface area contributed by atoms with Crippen molar-refractivity contribution in [3.05, 3.63) is 29.8 Å². The fourth-order valence-electron chi connectivity index (χ4n) is 2.17. The van der Waals surface area contributed by atoms with Crippen LogP contribution >= 0.6 is 0 Å². The second-order valence-electron chi connectivity index (χ2n) is 4.65. The lowest BCUT2D eigenvalue weighted by atomic mass is 10.1. The zero-order valence-electron chi connectivity index (χ0n) is 11.3. The van der Waals surface area contributed by atoms with Crippen molar-refractivity contribution in [1.29, 1.82) is 0 Å². The monoisotopic (exact) mass is 278 g/mol. The van der Waals surface area contributed by atoms with Crippen LogP contribution in [0.4, 0.5) is 4.79 Å². The largest absolute Gasteiger partial charge is 0.488 e. The van der Waals surface area contributed by atoms with Gasteiger partial charge in [-0.25, -0.2) is 4.79 Å². The number of benzene rings is 1. The van der Waals surface area contributed by atoms with Crippen molar-refractivity contribution in [3.63, 3.8) is 0 Å². The molecule has 1 aliphatic heterocycles. The molecule has 1 aromatic rings. The van der Waals surface area contributed by atoms with E-state index in [-0.39, 0.29) is 18.7 Å². The van der Waals surface area contributed by atoms with Crippen molar-refractivity contribution in [2.24, 2.45) is 0 Å². The van der Waals surface area contributed by atoms with Gasteiger partial charge in [-0.2, -0.15) is 0 Å².